The molecule has 0 saturated heterocycles. The third-order valence-electron chi connectivity index (χ3n) is 5.65. The molecule has 0 heterocycles. The number of Topliss-reactive ketones (excluding diaryl/α,β-unsaturated/α-hetero) is 6. The second-order valence-electron chi connectivity index (χ2n) is 7.39. The summed E-state index contributed by atoms with van der Waals surface area (Å²) in [5.41, 5.74) is 28.3. The number of carbonyl (C=O) groups is 6. The van der Waals surface area contributed by atoms with Gasteiger partial charge >= 0.3 is 0 Å². The lowest BCUT2D eigenvalue weighted by Crippen LogP contribution is -2.53. The molecule has 0 aromatic rings. The summed E-state index contributed by atoms with van der Waals surface area (Å²) in [6.07, 6.45) is -0.108. The van der Waals surface area contributed by atoms with E-state index in [9.17, 15) is 28.8 Å². The van der Waals surface area contributed by atoms with Crippen molar-refractivity contribution in [1.82, 2.24) is 0 Å². The smallest absolute Gasteiger partial charge is 0.167 e. The van der Waals surface area contributed by atoms with Gasteiger partial charge in [-0.25, -0.2) is 0 Å². The van der Waals surface area contributed by atoms with Crippen LogP contribution in [0.25, 0.3) is 0 Å². The van der Waals surface area contributed by atoms with Gasteiger partial charge in [0.2, 0.25) is 0 Å². The molecule has 0 amide bonds. The van der Waals surface area contributed by atoms with E-state index in [4.69, 9.17) is 39.1 Å². The molecule has 0 atom stereocenters. The molecule has 13 nitrogen and oxygen atoms in total. The highest BCUT2D eigenvalue weighted by Crippen LogP contribution is 2.29. The Kier molecular flexibility index (Phi) is 13.8. The van der Waals surface area contributed by atoms with Crippen molar-refractivity contribution in [3.8, 4) is 0 Å². The maximum atomic E-state index is 12.3. The summed E-state index contributed by atoms with van der Waals surface area (Å²) in [7, 11) is 0. The van der Waals surface area contributed by atoms with Gasteiger partial charge in [0, 0.05) is 13.2 Å². The molecule has 13 heteroatoms. The van der Waals surface area contributed by atoms with Crippen LogP contribution in [0.4, 0.5) is 0 Å². The van der Waals surface area contributed by atoms with Crippen LogP contribution in [-0.2, 0) is 33.5 Å². The summed E-state index contributed by atoms with van der Waals surface area (Å²) in [6.45, 7) is -3.11. The first-order valence-corrected chi connectivity index (χ1v) is 10.6. The zero-order chi connectivity index (χ0) is 25.7. The van der Waals surface area contributed by atoms with Crippen LogP contribution in [-0.4, -0.2) is 87.2 Å². The Morgan fingerprint density at radius 2 is 0.667 bits per heavy atom. The highest BCUT2D eigenvalue weighted by atomic mass is 16.5. The quantitative estimate of drug-likeness (QED) is 0.0723. The minimum absolute atomic E-state index is 0.0306. The number of carbonyl (C=O) groups excluding carboxylic acids is 6. The van der Waals surface area contributed by atoms with Crippen LogP contribution in [0.1, 0.15) is 25.7 Å². The van der Waals surface area contributed by atoms with Crippen LogP contribution in [0.3, 0.4) is 0 Å². The van der Waals surface area contributed by atoms with Gasteiger partial charge in [0.1, 0.15) is 10.8 Å². The van der Waals surface area contributed by atoms with Crippen molar-refractivity contribution in [3.05, 3.63) is 0 Å². The highest BCUT2D eigenvalue weighted by Gasteiger charge is 2.49. The largest absolute Gasteiger partial charge is 0.381 e. The van der Waals surface area contributed by atoms with Crippen LogP contribution in [0, 0.1) is 10.8 Å². The molecule has 0 aliphatic carbocycles. The number of ether oxygens (including phenoxy) is 1. The molecule has 0 aromatic carbocycles. The van der Waals surface area contributed by atoms with Gasteiger partial charge in [0.15, 0.2) is 34.7 Å². The van der Waals surface area contributed by atoms with Crippen molar-refractivity contribution in [1.29, 1.82) is 0 Å². The van der Waals surface area contributed by atoms with Gasteiger partial charge in [0.25, 0.3) is 0 Å². The molecule has 33 heavy (non-hydrogen) atoms. The molecule has 188 valence electrons. The van der Waals surface area contributed by atoms with Crippen molar-refractivity contribution in [3.63, 3.8) is 0 Å². The van der Waals surface area contributed by atoms with Gasteiger partial charge in [-0.3, -0.25) is 28.8 Å². The van der Waals surface area contributed by atoms with Crippen LogP contribution in [0.5, 0.6) is 0 Å². The Hall–Kier alpha value is -2.26. The second-order valence-corrected chi connectivity index (χ2v) is 7.39. The third-order valence-corrected chi connectivity index (χ3v) is 5.65. The number of hydrogen-bond donors (Lipinski definition) is 6. The Morgan fingerprint density at radius 1 is 0.455 bits per heavy atom. The van der Waals surface area contributed by atoms with E-state index in [0.29, 0.717) is 0 Å². The zero-order valence-corrected chi connectivity index (χ0v) is 18.8. The predicted octanol–water partition coefficient (Wildman–Crippen LogP) is -4.30. The molecule has 0 fully saturated rings. The first-order chi connectivity index (χ1) is 15.6. The van der Waals surface area contributed by atoms with Gasteiger partial charge in [-0.15, -0.1) is 0 Å². The van der Waals surface area contributed by atoms with Gasteiger partial charge < -0.3 is 39.1 Å². The Morgan fingerprint density at radius 3 is 0.848 bits per heavy atom. The summed E-state index contributed by atoms with van der Waals surface area (Å²) < 4.78 is 5.45. The zero-order valence-electron chi connectivity index (χ0n) is 18.8. The number of nitrogens with two attached hydrogens (primary N) is 6. The monoisotopic (exact) mass is 472 g/mol. The van der Waals surface area contributed by atoms with E-state index in [1.165, 1.54) is 0 Å². The third kappa shape index (κ3) is 6.86. The minimum Gasteiger partial charge on any atom is -0.381 e. The van der Waals surface area contributed by atoms with Crippen molar-refractivity contribution >= 4 is 34.7 Å². The van der Waals surface area contributed by atoms with E-state index in [2.05, 4.69) is 0 Å². The topological polar surface area (TPSA) is 268 Å². The number of hydrogen-bond acceptors (Lipinski definition) is 13. The average molecular weight is 473 g/mol. The average Bonchev–Trinajstić information content (AvgIpc) is 2.85. The second kappa shape index (κ2) is 14.8. The highest BCUT2D eigenvalue weighted by molar-refractivity contribution is 6.26. The lowest BCUT2D eigenvalue weighted by atomic mass is 9.71. The fourth-order valence-electron chi connectivity index (χ4n) is 3.80. The first kappa shape index (κ1) is 30.7. The van der Waals surface area contributed by atoms with Crippen LogP contribution in [0.15, 0.2) is 0 Å². The summed E-state index contributed by atoms with van der Waals surface area (Å²) in [4.78, 5) is 74.1. The SMILES string of the molecule is NCC(=O)C(CCCOCCCC(C(=O)CN)(C(=O)CN)C(=O)CN)(C(=O)CN)C(=O)CN. The molecule has 0 saturated carbocycles. The molecule has 0 radical (unpaired) electrons. The summed E-state index contributed by atoms with van der Waals surface area (Å²) in [5.74, 6) is -4.59. The molecule has 0 spiro atoms. The molecular formula is C20H36N6O7. The van der Waals surface area contributed by atoms with Gasteiger partial charge in [0.05, 0.1) is 39.3 Å². The molecule has 0 aliphatic rings. The Bertz CT molecular complexity index is 599. The van der Waals surface area contributed by atoms with Crippen molar-refractivity contribution in [2.45, 2.75) is 25.7 Å². The fourth-order valence-corrected chi connectivity index (χ4v) is 3.80. The van der Waals surface area contributed by atoms with Crippen LogP contribution in [0.2, 0.25) is 0 Å². The standard InChI is InChI=1S/C20H36N6O7/c21-7-13(27)19(14(28)8-22,15(29)9-23)3-1-5-33-6-2-4-20(16(30)10-24,17(31)11-25)18(32)12-26/h1-12,21-26H2. The van der Waals surface area contributed by atoms with E-state index in [-0.39, 0.29) is 38.9 Å². The van der Waals surface area contributed by atoms with E-state index < -0.39 is 84.8 Å². The minimum atomic E-state index is -2.01. The molecule has 0 aliphatic heterocycles. The fraction of sp³-hybridized carbons (Fsp3) is 0.700. The van der Waals surface area contributed by atoms with Crippen molar-refractivity contribution in [2.24, 2.45) is 45.2 Å². The number of rotatable bonds is 20. The van der Waals surface area contributed by atoms with Crippen molar-refractivity contribution < 1.29 is 33.5 Å². The predicted molar refractivity (Wildman–Crippen MR) is 119 cm³/mol. The molecule has 0 bridgehead atoms. The Balaban J connectivity index is 5.14. The molecule has 0 unspecified atom stereocenters. The lowest BCUT2D eigenvalue weighted by molar-refractivity contribution is -0.150. The molecule has 0 rings (SSSR count). The van der Waals surface area contributed by atoms with E-state index in [1.807, 2.05) is 0 Å². The van der Waals surface area contributed by atoms with Gasteiger partial charge in [-0.1, -0.05) is 0 Å². The van der Waals surface area contributed by atoms with Crippen LogP contribution >= 0.6 is 0 Å². The summed E-state index contributed by atoms with van der Waals surface area (Å²) in [5, 5.41) is 0. The van der Waals surface area contributed by atoms with E-state index >= 15 is 0 Å². The maximum Gasteiger partial charge on any atom is 0.167 e. The maximum absolute atomic E-state index is 12.3. The first-order valence-electron chi connectivity index (χ1n) is 10.6. The van der Waals surface area contributed by atoms with Gasteiger partial charge in [-0.05, 0) is 25.7 Å². The number of ketones is 6. The van der Waals surface area contributed by atoms with Gasteiger partial charge in [-0.2, -0.15) is 0 Å². The van der Waals surface area contributed by atoms with Crippen LogP contribution < -0.4 is 34.4 Å². The summed E-state index contributed by atoms with van der Waals surface area (Å²) in [6, 6.07) is 0. The Labute approximate surface area is 192 Å². The normalized spacial score (nSPS) is 11.8. The molecular weight excluding hydrogens is 436 g/mol. The molecule has 0 aromatic heterocycles. The van der Waals surface area contributed by atoms with E-state index in [1.54, 1.807) is 0 Å². The molecule has 12 N–H and O–H groups in total. The summed E-state index contributed by atoms with van der Waals surface area (Å²) >= 11 is 0. The van der Waals surface area contributed by atoms with E-state index in [0.717, 1.165) is 0 Å². The lowest BCUT2D eigenvalue weighted by Gasteiger charge is -2.29. The van der Waals surface area contributed by atoms with Crippen molar-refractivity contribution in [2.75, 3.05) is 52.5 Å².